The number of esters is 1. The molecule has 2 fully saturated rings. The van der Waals surface area contributed by atoms with Crippen molar-refractivity contribution < 1.29 is 24.2 Å². The maximum absolute atomic E-state index is 13.6. The average Bonchev–Trinajstić information content (AvgIpc) is 3.41. The lowest BCUT2D eigenvalue weighted by atomic mass is 9.72. The number of carboxylic acids is 1. The third-order valence-electron chi connectivity index (χ3n) is 8.21. The van der Waals surface area contributed by atoms with E-state index in [1.54, 1.807) is 6.92 Å². The molecule has 1 aromatic rings. The van der Waals surface area contributed by atoms with Gasteiger partial charge in [0, 0.05) is 4.88 Å². The van der Waals surface area contributed by atoms with Crippen LogP contribution in [0.1, 0.15) is 81.6 Å². The molecular formula is C27H37NO5S. The minimum Gasteiger partial charge on any atom is -0.481 e. The molecule has 6 nitrogen and oxygen atoms in total. The second kappa shape index (κ2) is 9.14. The number of carboxylic acid groups (broad SMARTS) is 1. The smallest absolute Gasteiger partial charge is 0.341 e. The first-order valence-corrected chi connectivity index (χ1v) is 13.3. The van der Waals surface area contributed by atoms with Gasteiger partial charge in [-0.15, -0.1) is 11.3 Å². The Bertz CT molecular complexity index is 1040. The Kier molecular flexibility index (Phi) is 6.71. The minimum absolute atomic E-state index is 0.0398. The Balaban J connectivity index is 1.68. The molecule has 34 heavy (non-hydrogen) atoms. The number of allylic oxidation sites excluding steroid dienone is 2. The van der Waals surface area contributed by atoms with E-state index in [4.69, 9.17) is 4.74 Å². The number of thiophene rings is 1. The van der Waals surface area contributed by atoms with E-state index in [9.17, 15) is 19.5 Å². The van der Waals surface area contributed by atoms with Crippen LogP contribution in [-0.2, 0) is 27.2 Å². The van der Waals surface area contributed by atoms with Gasteiger partial charge in [-0.2, -0.15) is 0 Å². The number of carbonyl (C=O) groups is 3. The molecule has 1 aromatic heterocycles. The number of anilines is 1. The Morgan fingerprint density at radius 3 is 2.29 bits per heavy atom. The monoisotopic (exact) mass is 487 g/mol. The molecule has 0 aliphatic heterocycles. The zero-order valence-corrected chi connectivity index (χ0v) is 21.9. The second-order valence-electron chi connectivity index (χ2n) is 11.4. The molecule has 3 aliphatic rings. The normalized spacial score (nSPS) is 27.9. The van der Waals surface area contributed by atoms with Gasteiger partial charge in [0.05, 0.1) is 24.0 Å². The van der Waals surface area contributed by atoms with Crippen molar-refractivity contribution in [2.45, 2.75) is 73.6 Å². The highest BCUT2D eigenvalue weighted by molar-refractivity contribution is 7.17. The molecule has 186 valence electrons. The highest BCUT2D eigenvalue weighted by atomic mass is 32.1. The summed E-state index contributed by atoms with van der Waals surface area (Å²) >= 11 is 1.47. The molecule has 5 atom stereocenters. The van der Waals surface area contributed by atoms with Crippen LogP contribution in [0.3, 0.4) is 0 Å². The predicted molar refractivity (Wildman–Crippen MR) is 133 cm³/mol. The van der Waals surface area contributed by atoms with Gasteiger partial charge in [-0.05, 0) is 81.6 Å². The highest BCUT2D eigenvalue weighted by Gasteiger charge is 2.57. The number of carbonyl (C=O) groups excluding carboxylic acids is 2. The SMILES string of the molecule is CCOC(=O)c1c(NC(=O)[C@H]2[C@@H](C(=O)O)[C@H]3CC[C@H]2C3=C(C)C)sc2c1CC[C@H](C(C)(C)C)C2. The molecule has 2 bridgehead atoms. The fraction of sp³-hybridized carbons (Fsp3) is 0.667. The largest absolute Gasteiger partial charge is 0.481 e. The first kappa shape index (κ1) is 25.0. The molecule has 1 heterocycles. The average molecular weight is 488 g/mol. The summed E-state index contributed by atoms with van der Waals surface area (Å²) < 4.78 is 5.37. The first-order chi connectivity index (χ1) is 16.0. The van der Waals surface area contributed by atoms with Crippen LogP contribution in [0, 0.1) is 35.0 Å². The molecule has 0 radical (unpaired) electrons. The van der Waals surface area contributed by atoms with Gasteiger partial charge in [0.15, 0.2) is 0 Å². The van der Waals surface area contributed by atoms with Crippen LogP contribution >= 0.6 is 11.3 Å². The van der Waals surface area contributed by atoms with Crippen molar-refractivity contribution in [1.82, 2.24) is 0 Å². The Morgan fingerprint density at radius 2 is 1.74 bits per heavy atom. The molecule has 0 unspecified atom stereocenters. The molecular weight excluding hydrogens is 450 g/mol. The Labute approximate surface area is 206 Å². The molecule has 0 saturated heterocycles. The zero-order valence-electron chi connectivity index (χ0n) is 21.1. The lowest BCUT2D eigenvalue weighted by molar-refractivity contribution is -0.148. The van der Waals surface area contributed by atoms with E-state index >= 15 is 0 Å². The third-order valence-corrected chi connectivity index (χ3v) is 9.38. The number of hydrogen-bond acceptors (Lipinski definition) is 5. The number of ether oxygens (including phenoxy) is 1. The van der Waals surface area contributed by atoms with Gasteiger partial charge in [0.2, 0.25) is 5.91 Å². The summed E-state index contributed by atoms with van der Waals surface area (Å²) in [6.45, 7) is 12.8. The number of rotatable bonds is 5. The highest BCUT2D eigenvalue weighted by Crippen LogP contribution is 2.57. The molecule has 1 amide bonds. The maximum atomic E-state index is 13.6. The van der Waals surface area contributed by atoms with E-state index in [2.05, 4.69) is 26.1 Å². The van der Waals surface area contributed by atoms with Gasteiger partial charge >= 0.3 is 11.9 Å². The number of fused-ring (bicyclic) bond motifs is 3. The molecule has 2 saturated carbocycles. The summed E-state index contributed by atoms with van der Waals surface area (Å²) in [6.07, 6.45) is 4.31. The molecule has 2 N–H and O–H groups in total. The molecule has 0 spiro atoms. The van der Waals surface area contributed by atoms with Crippen molar-refractivity contribution in [3.05, 3.63) is 27.2 Å². The first-order valence-electron chi connectivity index (χ1n) is 12.5. The van der Waals surface area contributed by atoms with E-state index in [1.807, 2.05) is 13.8 Å². The summed E-state index contributed by atoms with van der Waals surface area (Å²) in [5.41, 5.74) is 3.90. The van der Waals surface area contributed by atoms with Crippen molar-refractivity contribution >= 4 is 34.2 Å². The van der Waals surface area contributed by atoms with Gasteiger partial charge in [0.1, 0.15) is 5.00 Å². The van der Waals surface area contributed by atoms with Crippen LogP contribution < -0.4 is 5.32 Å². The quantitative estimate of drug-likeness (QED) is 0.410. The van der Waals surface area contributed by atoms with Crippen LogP contribution in [0.15, 0.2) is 11.1 Å². The topological polar surface area (TPSA) is 92.7 Å². The van der Waals surface area contributed by atoms with Crippen LogP contribution in [0.25, 0.3) is 0 Å². The summed E-state index contributed by atoms with van der Waals surface area (Å²) in [6, 6.07) is 0. The third kappa shape index (κ3) is 4.21. The van der Waals surface area contributed by atoms with Gasteiger partial charge in [0.25, 0.3) is 0 Å². The summed E-state index contributed by atoms with van der Waals surface area (Å²) in [5.74, 6) is -2.53. The lowest BCUT2D eigenvalue weighted by Crippen LogP contribution is -2.38. The maximum Gasteiger partial charge on any atom is 0.341 e. The number of amides is 1. The lowest BCUT2D eigenvalue weighted by Gasteiger charge is -2.33. The van der Waals surface area contributed by atoms with Crippen molar-refractivity contribution in [2.24, 2.45) is 35.0 Å². The molecule has 7 heteroatoms. The van der Waals surface area contributed by atoms with Crippen molar-refractivity contribution in [1.29, 1.82) is 0 Å². The van der Waals surface area contributed by atoms with Gasteiger partial charge in [-0.3, -0.25) is 9.59 Å². The molecule has 4 rings (SSSR count). The zero-order chi connectivity index (χ0) is 24.9. The van der Waals surface area contributed by atoms with Crippen molar-refractivity contribution in [3.63, 3.8) is 0 Å². The summed E-state index contributed by atoms with van der Waals surface area (Å²) in [5, 5.41) is 13.5. The van der Waals surface area contributed by atoms with Crippen LogP contribution in [0.4, 0.5) is 5.00 Å². The van der Waals surface area contributed by atoms with Crippen LogP contribution in [-0.4, -0.2) is 29.6 Å². The van der Waals surface area contributed by atoms with Crippen molar-refractivity contribution in [2.75, 3.05) is 11.9 Å². The van der Waals surface area contributed by atoms with E-state index in [1.165, 1.54) is 11.3 Å². The second-order valence-corrected chi connectivity index (χ2v) is 12.5. The number of aliphatic carboxylic acids is 1. The minimum atomic E-state index is -0.907. The van der Waals surface area contributed by atoms with E-state index < -0.39 is 23.8 Å². The standard InChI is InChI=1S/C27H37NO5S/c1-7-33-26(32)22-15-9-8-14(27(4,5)6)12-18(15)34-24(22)28-23(29)20-16-10-11-17(19(16)13(2)3)21(20)25(30)31/h14,16-17,20-21H,7-12H2,1-6H3,(H,28,29)(H,30,31)/t14-,16-,17-,20+,21-/m0/s1. The van der Waals surface area contributed by atoms with E-state index in [-0.39, 0.29) is 29.8 Å². The predicted octanol–water partition coefficient (Wildman–Crippen LogP) is 5.71. The molecule has 0 aromatic carbocycles. The van der Waals surface area contributed by atoms with Crippen LogP contribution in [0.5, 0.6) is 0 Å². The summed E-state index contributed by atoms with van der Waals surface area (Å²) in [7, 11) is 0. The van der Waals surface area contributed by atoms with E-state index in [0.29, 0.717) is 16.5 Å². The molecule has 3 aliphatic carbocycles. The van der Waals surface area contributed by atoms with Crippen molar-refractivity contribution in [3.8, 4) is 0 Å². The number of hydrogen-bond donors (Lipinski definition) is 2. The Morgan fingerprint density at radius 1 is 1.09 bits per heavy atom. The fourth-order valence-electron chi connectivity index (χ4n) is 6.63. The summed E-state index contributed by atoms with van der Waals surface area (Å²) in [4.78, 5) is 39.9. The fourth-order valence-corrected chi connectivity index (χ4v) is 7.95. The van der Waals surface area contributed by atoms with E-state index in [0.717, 1.165) is 53.7 Å². The van der Waals surface area contributed by atoms with Gasteiger partial charge < -0.3 is 15.2 Å². The van der Waals surface area contributed by atoms with Gasteiger partial charge in [-0.1, -0.05) is 31.9 Å². The Hall–Kier alpha value is -2.15. The van der Waals surface area contributed by atoms with Gasteiger partial charge in [-0.25, -0.2) is 4.79 Å². The van der Waals surface area contributed by atoms with Crippen LogP contribution in [0.2, 0.25) is 0 Å². The number of nitrogens with one attached hydrogen (secondary N) is 1.